The van der Waals surface area contributed by atoms with E-state index in [0.29, 0.717) is 6.42 Å². The van der Waals surface area contributed by atoms with E-state index in [1.54, 1.807) is 0 Å². The van der Waals surface area contributed by atoms with Crippen LogP contribution in [0.25, 0.3) is 0 Å². The molecule has 0 heterocycles. The summed E-state index contributed by atoms with van der Waals surface area (Å²) < 4.78 is 0. The summed E-state index contributed by atoms with van der Waals surface area (Å²) in [6.07, 6.45) is -0.208. The van der Waals surface area contributed by atoms with Crippen LogP contribution in [-0.4, -0.2) is 11.4 Å². The van der Waals surface area contributed by atoms with Crippen molar-refractivity contribution in [2.75, 3.05) is 0 Å². The van der Waals surface area contributed by atoms with Crippen LogP contribution >= 0.6 is 0 Å². The van der Waals surface area contributed by atoms with Crippen LogP contribution in [-0.2, 0) is 5.11 Å². The van der Waals surface area contributed by atoms with E-state index in [1.165, 1.54) is 0 Å². The Labute approximate surface area is 37.4 Å². The third kappa shape index (κ3) is 3.92. The van der Waals surface area contributed by atoms with E-state index in [4.69, 9.17) is 5.11 Å². The highest BCUT2D eigenvalue weighted by atomic mass is 16.5. The molecule has 0 bridgehead atoms. The smallest absolute Gasteiger partial charge is 0.188 e. The van der Waals surface area contributed by atoms with Crippen LogP contribution in [0.5, 0.6) is 0 Å². The van der Waals surface area contributed by atoms with Gasteiger partial charge in [-0.1, -0.05) is 13.3 Å². The molecule has 1 N–H and O–H groups in total. The number of hydrogen-bond acceptors (Lipinski definition) is 1. The summed E-state index contributed by atoms with van der Waals surface area (Å²) in [5.41, 5.74) is 0. The van der Waals surface area contributed by atoms with E-state index in [0.717, 1.165) is 6.42 Å². The Bertz CT molecular complexity index is 26.7. The highest BCUT2D eigenvalue weighted by Crippen LogP contribution is 1.89. The van der Waals surface area contributed by atoms with Gasteiger partial charge < -0.3 is 5.11 Å². The van der Waals surface area contributed by atoms with Crippen molar-refractivity contribution in [2.24, 2.45) is 0 Å². The zero-order valence-electron chi connectivity index (χ0n) is 3.85. The largest absolute Gasteiger partial charge is 0.366 e. The highest BCUT2D eigenvalue weighted by molar-refractivity contribution is 4.30. The Balaban J connectivity index is 2.63. The van der Waals surface area contributed by atoms with E-state index in [9.17, 15) is 5.11 Å². The maximum atomic E-state index is 9.68. The van der Waals surface area contributed by atoms with E-state index >= 15 is 0 Å². The number of hydrogen-bond donors (Lipinski definition) is 1. The first-order chi connectivity index (χ1) is 2.77. The van der Waals surface area contributed by atoms with Crippen LogP contribution in [0.4, 0.5) is 0 Å². The summed E-state index contributed by atoms with van der Waals surface area (Å²) in [5, 5.41) is 17.7. The molecule has 2 heteroatoms. The maximum absolute atomic E-state index is 9.68. The van der Waals surface area contributed by atoms with Gasteiger partial charge in [-0.3, -0.25) is 0 Å². The molecule has 1 unspecified atom stereocenters. The molecule has 0 saturated carbocycles. The second-order valence-electron chi connectivity index (χ2n) is 1.24. The molecular weight excluding hydrogens is 80.0 g/mol. The van der Waals surface area contributed by atoms with Crippen LogP contribution in [0.15, 0.2) is 0 Å². The standard InChI is InChI=1S/C4H9O2/c1-2-3-4(5)6/h4-5H,2-3H2,1H3. The molecule has 0 aromatic heterocycles. The molecule has 0 aromatic carbocycles. The second-order valence-corrected chi connectivity index (χ2v) is 1.24. The molecule has 2 nitrogen and oxygen atoms in total. The average Bonchev–Trinajstić information content (AvgIpc) is 1.35. The molecule has 0 aromatic rings. The minimum absolute atomic E-state index is 0.375. The Morgan fingerprint density at radius 1 is 1.83 bits per heavy atom. The average molecular weight is 89.1 g/mol. The lowest BCUT2D eigenvalue weighted by atomic mass is 10.3. The molecule has 6 heavy (non-hydrogen) atoms. The summed E-state index contributed by atoms with van der Waals surface area (Å²) in [6.45, 7) is 1.86. The predicted molar refractivity (Wildman–Crippen MR) is 21.6 cm³/mol. The fourth-order valence-corrected chi connectivity index (χ4v) is 0.247. The van der Waals surface area contributed by atoms with Crippen LogP contribution < -0.4 is 0 Å². The lowest BCUT2D eigenvalue weighted by Crippen LogP contribution is -1.98. The lowest BCUT2D eigenvalue weighted by molar-refractivity contribution is -0.0958. The molecule has 0 rings (SSSR count). The molecule has 0 spiro atoms. The maximum Gasteiger partial charge on any atom is 0.188 e. The quantitative estimate of drug-likeness (QED) is 0.492. The molecule has 0 aliphatic heterocycles. The van der Waals surface area contributed by atoms with Crippen molar-refractivity contribution in [3.05, 3.63) is 0 Å². The van der Waals surface area contributed by atoms with Crippen LogP contribution in [0.3, 0.4) is 0 Å². The van der Waals surface area contributed by atoms with E-state index in [-0.39, 0.29) is 0 Å². The predicted octanol–water partition coefficient (Wildman–Crippen LogP) is 0.535. The van der Waals surface area contributed by atoms with Gasteiger partial charge in [0.15, 0.2) is 6.29 Å². The zero-order chi connectivity index (χ0) is 4.99. The fourth-order valence-electron chi connectivity index (χ4n) is 0.247. The van der Waals surface area contributed by atoms with Crippen molar-refractivity contribution in [3.8, 4) is 0 Å². The Morgan fingerprint density at radius 3 is 2.33 bits per heavy atom. The normalized spacial score (nSPS) is 10.0. The van der Waals surface area contributed by atoms with Crippen molar-refractivity contribution in [1.29, 1.82) is 0 Å². The van der Waals surface area contributed by atoms with E-state index in [2.05, 4.69) is 0 Å². The second kappa shape index (κ2) is 3.12. The van der Waals surface area contributed by atoms with Crippen molar-refractivity contribution in [1.82, 2.24) is 0 Å². The first kappa shape index (κ1) is 5.92. The summed E-state index contributed by atoms with van der Waals surface area (Å²) >= 11 is 0. The Kier molecular flexibility index (Phi) is 3.08. The lowest BCUT2D eigenvalue weighted by Gasteiger charge is -1.91. The minimum atomic E-state index is -1.35. The summed E-state index contributed by atoms with van der Waals surface area (Å²) in [5.74, 6) is 0. The third-order valence-electron chi connectivity index (χ3n) is 0.536. The van der Waals surface area contributed by atoms with Crippen LogP contribution in [0.1, 0.15) is 19.8 Å². The van der Waals surface area contributed by atoms with Gasteiger partial charge in [-0.2, -0.15) is 0 Å². The van der Waals surface area contributed by atoms with Gasteiger partial charge in [-0.15, -0.1) is 0 Å². The fraction of sp³-hybridized carbons (Fsp3) is 1.00. The minimum Gasteiger partial charge on any atom is -0.366 e. The third-order valence-corrected chi connectivity index (χ3v) is 0.536. The van der Waals surface area contributed by atoms with Gasteiger partial charge in [-0.05, 0) is 0 Å². The van der Waals surface area contributed by atoms with Gasteiger partial charge in [0.1, 0.15) is 0 Å². The SMILES string of the molecule is CCCC([O])O. The van der Waals surface area contributed by atoms with Gasteiger partial charge in [0, 0.05) is 6.42 Å². The van der Waals surface area contributed by atoms with Gasteiger partial charge in [0.2, 0.25) is 0 Å². The summed E-state index contributed by atoms with van der Waals surface area (Å²) in [7, 11) is 0. The van der Waals surface area contributed by atoms with Gasteiger partial charge in [0.05, 0.1) is 0 Å². The highest BCUT2D eigenvalue weighted by Gasteiger charge is 1.92. The molecule has 1 atom stereocenters. The van der Waals surface area contributed by atoms with Crippen LogP contribution in [0, 0.1) is 0 Å². The van der Waals surface area contributed by atoms with Crippen molar-refractivity contribution >= 4 is 0 Å². The molecule has 1 radical (unpaired) electrons. The molecule has 0 aliphatic rings. The first-order valence-electron chi connectivity index (χ1n) is 2.11. The Morgan fingerprint density at radius 2 is 2.33 bits per heavy atom. The molecular formula is C4H9O2. The van der Waals surface area contributed by atoms with Gasteiger partial charge in [-0.25, -0.2) is 5.11 Å². The van der Waals surface area contributed by atoms with Gasteiger partial charge >= 0.3 is 0 Å². The molecule has 37 valence electrons. The monoisotopic (exact) mass is 89.1 g/mol. The topological polar surface area (TPSA) is 40.1 Å². The molecule has 0 aliphatic carbocycles. The molecule has 0 saturated heterocycles. The zero-order valence-corrected chi connectivity index (χ0v) is 3.85. The molecule has 0 amide bonds. The van der Waals surface area contributed by atoms with Gasteiger partial charge in [0.25, 0.3) is 0 Å². The van der Waals surface area contributed by atoms with E-state index in [1.807, 2.05) is 6.92 Å². The Hall–Kier alpha value is -0.0800. The van der Waals surface area contributed by atoms with Crippen molar-refractivity contribution in [2.45, 2.75) is 26.1 Å². The van der Waals surface area contributed by atoms with E-state index < -0.39 is 6.29 Å². The van der Waals surface area contributed by atoms with Crippen molar-refractivity contribution in [3.63, 3.8) is 0 Å². The number of rotatable bonds is 2. The van der Waals surface area contributed by atoms with Crippen molar-refractivity contribution < 1.29 is 10.2 Å². The first-order valence-corrected chi connectivity index (χ1v) is 2.11. The summed E-state index contributed by atoms with van der Waals surface area (Å²) in [6, 6.07) is 0. The van der Waals surface area contributed by atoms with Crippen LogP contribution in [0.2, 0.25) is 0 Å². The summed E-state index contributed by atoms with van der Waals surface area (Å²) in [4.78, 5) is 0. The molecule has 0 fully saturated rings. The number of aliphatic hydroxyl groups is 1. The number of aliphatic hydroxyl groups excluding tert-OH is 1.